The van der Waals surface area contributed by atoms with Crippen molar-refractivity contribution in [2.45, 2.75) is 50.2 Å². The Bertz CT molecular complexity index is 2090. The minimum Gasteiger partial charge on any atom is -0.432 e. The Balaban J connectivity index is 0.000000940. The van der Waals surface area contributed by atoms with E-state index in [1.807, 2.05) is 35.3 Å². The summed E-state index contributed by atoms with van der Waals surface area (Å²) in [6, 6.07) is 13.8. The number of carbonyl (C=O) groups excluding carboxylic acids is 2. The third kappa shape index (κ3) is 12.5. The fraction of sp³-hybridized carbons (Fsp3) is 0.350. The van der Waals surface area contributed by atoms with E-state index in [9.17, 15) is 27.8 Å². The van der Waals surface area contributed by atoms with Gasteiger partial charge < -0.3 is 30.8 Å². The van der Waals surface area contributed by atoms with Crippen molar-refractivity contribution in [3.05, 3.63) is 95.7 Å². The minimum absolute atomic E-state index is 0.145. The van der Waals surface area contributed by atoms with Gasteiger partial charge in [-0.15, -0.1) is 0 Å². The molecule has 0 saturated carbocycles. The first-order chi connectivity index (χ1) is 27.5. The molecule has 2 aliphatic heterocycles. The zero-order valence-electron chi connectivity index (χ0n) is 32.2. The fourth-order valence-electron chi connectivity index (χ4n) is 6.29. The van der Waals surface area contributed by atoms with E-state index in [0.717, 1.165) is 57.9 Å². The molecule has 2 aliphatic rings. The summed E-state index contributed by atoms with van der Waals surface area (Å²) >= 11 is 0. The van der Waals surface area contributed by atoms with Gasteiger partial charge in [0.1, 0.15) is 17.3 Å². The van der Waals surface area contributed by atoms with Crippen LogP contribution in [0.4, 0.5) is 14.6 Å². The number of halogens is 2. The Kier molecular flexibility index (Phi) is 16.8. The summed E-state index contributed by atoms with van der Waals surface area (Å²) in [4.78, 5) is 29.7. The van der Waals surface area contributed by atoms with E-state index in [0.29, 0.717) is 68.7 Å². The summed E-state index contributed by atoms with van der Waals surface area (Å²) in [6.45, 7) is 5.58. The molecule has 0 radical (unpaired) electrons. The molecule has 17 heteroatoms. The standard InChI is InChI=1S/C36H41F2N9O2S.C4H7NO2/c1-24(22-46-12-9-27(16-25(46)2)26-6-8-33-34(18-26)45(4)44-35(33)41-3)15-29-17-32(7-5-28(29)19-39)50(48)47-13-10-30(11-14-47)43-21-31(20-42-23-40)49-36(37)38;6-3-1-2-5-4-7/h5-9,12,16-18,20-21,23-24,30,36H,2,10-11,13-15,22H2,1,3-4H3,(H2,40,42)(H,41,44);3-4H,1-2H2,(H,5,7)/b31-20+,43-21?;. The number of aromatic nitrogens is 2. The second-order valence-corrected chi connectivity index (χ2v) is 14.7. The summed E-state index contributed by atoms with van der Waals surface area (Å²) in [5.74, 6) is 0.803. The molecule has 14 nitrogen and oxygen atoms in total. The Labute approximate surface area is 333 Å². The molecule has 4 N–H and O–H groups in total. The lowest BCUT2D eigenvalue weighted by atomic mass is 9.96. The maximum atomic E-state index is 13.6. The number of aliphatic imine (C=N–C) groups is 2. The molecular weight excluding hydrogens is 755 g/mol. The van der Waals surface area contributed by atoms with Crippen LogP contribution in [0.2, 0.25) is 0 Å². The number of ether oxygens (including phenoxy) is 1. The number of anilines is 1. The number of allylic oxidation sites excluding steroid dienone is 4. The van der Waals surface area contributed by atoms with E-state index in [1.54, 1.807) is 12.1 Å². The van der Waals surface area contributed by atoms with Gasteiger partial charge >= 0.3 is 6.61 Å². The van der Waals surface area contributed by atoms with Gasteiger partial charge in [0.2, 0.25) is 6.41 Å². The number of nitrogens with two attached hydrogens (primary N) is 1. The van der Waals surface area contributed by atoms with Crippen molar-refractivity contribution in [2.75, 3.05) is 38.5 Å². The van der Waals surface area contributed by atoms with Crippen molar-refractivity contribution in [2.24, 2.45) is 28.7 Å². The molecule has 1 saturated heterocycles. The molecule has 2 unspecified atom stereocenters. The zero-order valence-corrected chi connectivity index (χ0v) is 33.0. The van der Waals surface area contributed by atoms with Crippen molar-refractivity contribution < 1.29 is 27.3 Å². The first-order valence-electron chi connectivity index (χ1n) is 18.2. The predicted molar refractivity (Wildman–Crippen MR) is 219 cm³/mol. The van der Waals surface area contributed by atoms with Gasteiger partial charge in [0.05, 0.1) is 46.8 Å². The lowest BCUT2D eigenvalue weighted by molar-refractivity contribution is -0.110. The normalized spacial score (nSPS) is 16.3. The molecule has 0 bridgehead atoms. The van der Waals surface area contributed by atoms with Gasteiger partial charge in [0.25, 0.3) is 0 Å². The third-order valence-electron chi connectivity index (χ3n) is 9.10. The third-order valence-corrected chi connectivity index (χ3v) is 10.6. The molecule has 57 heavy (non-hydrogen) atoms. The number of hydrogen-bond acceptors (Lipinski definition) is 10. The number of rotatable bonds is 17. The molecule has 3 heterocycles. The molecule has 2 aromatic carbocycles. The number of alkyl halides is 2. The predicted octanol–water partition coefficient (Wildman–Crippen LogP) is 5.04. The number of carbonyl (C=O) groups is 2. The van der Waals surface area contributed by atoms with Crippen LogP contribution >= 0.6 is 0 Å². The van der Waals surface area contributed by atoms with E-state index < -0.39 is 17.6 Å². The van der Waals surface area contributed by atoms with Crippen molar-refractivity contribution >= 4 is 58.5 Å². The summed E-state index contributed by atoms with van der Waals surface area (Å²) in [5, 5.41) is 20.9. The highest BCUT2D eigenvalue weighted by Crippen LogP contribution is 2.30. The number of benzene rings is 2. The SMILES string of the molecule is C=C1C=C(c2ccc3c(NC)nn(C)c3c2)C=CN1CC(C)Cc1cc(S(=O)N2CCC(N=C/C(=C\N=CN)OC(F)F)CC2)ccc1C#N.O=CCCNC=O. The van der Waals surface area contributed by atoms with Crippen LogP contribution in [-0.4, -0.2) is 94.3 Å². The monoisotopic (exact) mass is 802 g/mol. The molecule has 0 spiro atoms. The first kappa shape index (κ1) is 43.7. The molecule has 3 aromatic rings. The lowest BCUT2D eigenvalue weighted by Crippen LogP contribution is -2.36. The lowest BCUT2D eigenvalue weighted by Gasteiger charge is -2.29. The number of aldehydes is 1. The van der Waals surface area contributed by atoms with Crippen LogP contribution in [0.25, 0.3) is 16.5 Å². The van der Waals surface area contributed by atoms with Crippen LogP contribution in [0.3, 0.4) is 0 Å². The van der Waals surface area contributed by atoms with Gasteiger partial charge in [-0.05, 0) is 84.4 Å². The van der Waals surface area contributed by atoms with Crippen molar-refractivity contribution in [3.63, 3.8) is 0 Å². The first-order valence-corrected chi connectivity index (χ1v) is 19.3. The molecule has 2 atom stereocenters. The Hall–Kier alpha value is -5.99. The van der Waals surface area contributed by atoms with Crippen LogP contribution < -0.4 is 16.4 Å². The smallest absolute Gasteiger partial charge is 0.387 e. The number of nitriles is 1. The Morgan fingerprint density at radius 3 is 2.65 bits per heavy atom. The van der Waals surface area contributed by atoms with Gasteiger partial charge in [0.15, 0.2) is 11.6 Å². The number of nitrogens with zero attached hydrogens (tertiary/aromatic N) is 7. The van der Waals surface area contributed by atoms with E-state index in [1.165, 1.54) is 6.21 Å². The average molecular weight is 803 g/mol. The van der Waals surface area contributed by atoms with Gasteiger partial charge in [-0.1, -0.05) is 19.6 Å². The van der Waals surface area contributed by atoms with Gasteiger partial charge in [-0.25, -0.2) is 13.5 Å². The molecule has 1 aromatic heterocycles. The molecule has 302 valence electrons. The second kappa shape index (κ2) is 21.9. The number of fused-ring (bicyclic) bond motifs is 1. The maximum absolute atomic E-state index is 13.6. The minimum atomic E-state index is -3.01. The summed E-state index contributed by atoms with van der Waals surface area (Å²) in [6.07, 6.45) is 13.0. The summed E-state index contributed by atoms with van der Waals surface area (Å²) < 4.78 is 47.1. The number of hydrogen-bond donors (Lipinski definition) is 3. The van der Waals surface area contributed by atoms with Gasteiger partial charge in [-0.3, -0.25) is 14.5 Å². The maximum Gasteiger partial charge on any atom is 0.387 e. The Morgan fingerprint density at radius 1 is 1.23 bits per heavy atom. The van der Waals surface area contributed by atoms with Crippen molar-refractivity contribution in [3.8, 4) is 6.07 Å². The highest BCUT2D eigenvalue weighted by Gasteiger charge is 2.25. The molecule has 1 amide bonds. The summed E-state index contributed by atoms with van der Waals surface area (Å²) in [7, 11) is 2.36. The van der Waals surface area contributed by atoms with Crippen LogP contribution in [-0.2, 0) is 38.8 Å². The largest absolute Gasteiger partial charge is 0.432 e. The van der Waals surface area contributed by atoms with Crippen LogP contribution in [0.15, 0.2) is 93.9 Å². The topological polar surface area (TPSA) is 183 Å². The molecule has 1 fully saturated rings. The van der Waals surface area contributed by atoms with E-state index >= 15 is 0 Å². The van der Waals surface area contributed by atoms with Crippen LogP contribution in [0.1, 0.15) is 42.9 Å². The van der Waals surface area contributed by atoms with E-state index in [-0.39, 0.29) is 17.7 Å². The Morgan fingerprint density at radius 2 is 2.00 bits per heavy atom. The van der Waals surface area contributed by atoms with E-state index in [4.69, 9.17) is 5.73 Å². The quantitative estimate of drug-likeness (QED) is 0.0554. The van der Waals surface area contributed by atoms with Crippen LogP contribution in [0.5, 0.6) is 0 Å². The average Bonchev–Trinajstić information content (AvgIpc) is 3.54. The summed E-state index contributed by atoms with van der Waals surface area (Å²) in [5.41, 5.74) is 10.6. The van der Waals surface area contributed by atoms with Crippen molar-refractivity contribution in [1.82, 2.24) is 24.3 Å². The zero-order chi connectivity index (χ0) is 41.3. The number of nitrogens with one attached hydrogen (secondary N) is 2. The van der Waals surface area contributed by atoms with Crippen LogP contribution in [0, 0.1) is 17.2 Å². The molecular formula is C40H48F2N10O4S. The van der Waals surface area contributed by atoms with Gasteiger partial charge in [-0.2, -0.15) is 19.1 Å². The highest BCUT2D eigenvalue weighted by molar-refractivity contribution is 7.82. The second-order valence-electron chi connectivity index (χ2n) is 13.2. The number of amides is 1. The fourth-order valence-corrected chi connectivity index (χ4v) is 7.56. The van der Waals surface area contributed by atoms with Gasteiger partial charge in [0, 0.05) is 64.0 Å². The molecule has 5 rings (SSSR count). The number of piperidine rings is 1. The van der Waals surface area contributed by atoms with E-state index in [2.05, 4.69) is 85.3 Å². The molecule has 0 aliphatic carbocycles. The van der Waals surface area contributed by atoms with Crippen molar-refractivity contribution in [1.29, 1.82) is 5.26 Å². The number of aryl methyl sites for hydroxylation is 1. The highest BCUT2D eigenvalue weighted by atomic mass is 32.2.